The van der Waals surface area contributed by atoms with Gasteiger partial charge in [-0.05, 0) is 0 Å². The van der Waals surface area contributed by atoms with E-state index < -0.39 is 30.3 Å². The van der Waals surface area contributed by atoms with Crippen molar-refractivity contribution in [2.45, 2.75) is 0 Å². The second-order valence-corrected chi connectivity index (χ2v) is 16.5. The first-order valence-corrected chi connectivity index (χ1v) is 14.6. The zero-order valence-corrected chi connectivity index (χ0v) is 8.91. The molecule has 0 aliphatic carbocycles. The summed E-state index contributed by atoms with van der Waals surface area (Å²) in [5, 5.41) is 0. The number of hydrogen-bond donors (Lipinski definition) is 0. The van der Waals surface area contributed by atoms with Gasteiger partial charge >= 0.3 is 47.4 Å². The van der Waals surface area contributed by atoms with E-state index in [0.717, 1.165) is 0 Å². The van der Waals surface area contributed by atoms with E-state index in [9.17, 15) is 0 Å². The molecule has 5 heavy (non-hydrogen) atoms. The molecule has 0 rings (SSSR count). The Morgan fingerprint density at radius 2 is 1.00 bits per heavy atom. The number of hydrogen-bond acceptors (Lipinski definition) is 0. The van der Waals surface area contributed by atoms with Gasteiger partial charge in [-0.2, -0.15) is 0 Å². The van der Waals surface area contributed by atoms with E-state index in [2.05, 4.69) is 0 Å². The molecule has 0 spiro atoms. The van der Waals surface area contributed by atoms with Crippen LogP contribution >= 0.6 is 29.6 Å². The van der Waals surface area contributed by atoms with Crippen LogP contribution in [0, 0.1) is 30.3 Å². The van der Waals surface area contributed by atoms with Crippen LogP contribution < -0.4 is 0 Å². The van der Waals surface area contributed by atoms with Gasteiger partial charge in [0.1, 0.15) is 0 Å². The molecular weight excluding hydrogens is 283 g/mol. The van der Waals surface area contributed by atoms with Gasteiger partial charge < -0.3 is 0 Å². The SMILES string of the molecule is Cl.[Cl][Pr]([Cl])[Cl]. The zero-order valence-electron chi connectivity index (χ0n) is 2.12. The predicted molar refractivity (Wildman–Crippen MR) is 24.8 cm³/mol. The van der Waals surface area contributed by atoms with Crippen molar-refractivity contribution in [1.29, 1.82) is 0 Å². The van der Waals surface area contributed by atoms with E-state index in [1.54, 1.807) is 0 Å². The second-order valence-electron chi connectivity index (χ2n) is 0.247. The Morgan fingerprint density at radius 3 is 1.00 bits per heavy atom. The maximum atomic E-state index is 5.03. The van der Waals surface area contributed by atoms with E-state index >= 15 is 0 Å². The number of halogens is 4. The fourth-order valence-electron chi connectivity index (χ4n) is 0. The molecule has 0 nitrogen and oxygen atoms in total. The predicted octanol–water partition coefficient (Wildman–Crippen LogP) is 2.49. The summed E-state index contributed by atoms with van der Waals surface area (Å²) in [6.45, 7) is 0. The molecule has 0 saturated heterocycles. The van der Waals surface area contributed by atoms with Crippen molar-refractivity contribution < 1.29 is 30.3 Å². The molecule has 0 unspecified atom stereocenters. The average molecular weight is 284 g/mol. The van der Waals surface area contributed by atoms with Gasteiger partial charge in [0.2, 0.25) is 0 Å². The molecule has 0 aromatic rings. The summed E-state index contributed by atoms with van der Waals surface area (Å²) >= 11 is -2.31. The Hall–Kier alpha value is 2.52. The van der Waals surface area contributed by atoms with Crippen LogP contribution in [0.3, 0.4) is 0 Å². The third-order valence-corrected chi connectivity index (χ3v) is 0. The zero-order chi connectivity index (χ0) is 3.58. The quantitative estimate of drug-likeness (QED) is 0.641. The Balaban J connectivity index is 0. The molecule has 0 radical (unpaired) electrons. The van der Waals surface area contributed by atoms with Crippen molar-refractivity contribution in [2.24, 2.45) is 0 Å². The van der Waals surface area contributed by atoms with E-state index in [1.165, 1.54) is 0 Å². The summed E-state index contributed by atoms with van der Waals surface area (Å²) in [4.78, 5) is 0. The van der Waals surface area contributed by atoms with Crippen LogP contribution in [0.1, 0.15) is 0 Å². The van der Waals surface area contributed by atoms with Gasteiger partial charge in [-0.15, -0.1) is 12.4 Å². The van der Waals surface area contributed by atoms with Crippen molar-refractivity contribution in [1.82, 2.24) is 0 Å². The molecule has 0 N–H and O–H groups in total. The minimum absolute atomic E-state index is 0. The summed E-state index contributed by atoms with van der Waals surface area (Å²) in [6.07, 6.45) is 0. The maximum absolute atomic E-state index is 5.03. The van der Waals surface area contributed by atoms with Gasteiger partial charge in [-0.25, -0.2) is 0 Å². The third-order valence-electron chi connectivity index (χ3n) is 0. The standard InChI is InChI=1S/4ClH.Pr/h4*1H;/q;;;;+3/p-3. The second kappa shape index (κ2) is 6.52. The van der Waals surface area contributed by atoms with Crippen LogP contribution in [0.25, 0.3) is 0 Å². The Morgan fingerprint density at radius 1 is 1.00 bits per heavy atom. The molecule has 32 valence electrons. The molecule has 0 aliphatic rings. The average Bonchev–Trinajstić information content (AvgIpc) is 0.811. The Kier molecular flexibility index (Phi) is 13.7. The van der Waals surface area contributed by atoms with Crippen molar-refractivity contribution in [3.8, 4) is 0 Å². The monoisotopic (exact) mass is 282 g/mol. The van der Waals surface area contributed by atoms with E-state index in [1.807, 2.05) is 0 Å². The summed E-state index contributed by atoms with van der Waals surface area (Å²) in [5.74, 6) is 0. The van der Waals surface area contributed by atoms with Crippen LogP contribution in [-0.2, 0) is 0 Å². The van der Waals surface area contributed by atoms with Crippen molar-refractivity contribution in [3.05, 3.63) is 0 Å². The molecule has 0 saturated carbocycles. The minimum atomic E-state index is -2.31. The van der Waals surface area contributed by atoms with Crippen molar-refractivity contribution in [3.63, 3.8) is 0 Å². The Labute approximate surface area is 58.4 Å². The van der Waals surface area contributed by atoms with E-state index in [0.29, 0.717) is 0 Å². The van der Waals surface area contributed by atoms with Crippen LogP contribution in [0.15, 0.2) is 0 Å². The molecule has 0 heterocycles. The molecule has 0 amide bonds. The van der Waals surface area contributed by atoms with Gasteiger partial charge in [0.05, 0.1) is 0 Å². The fourth-order valence-corrected chi connectivity index (χ4v) is 0. The van der Waals surface area contributed by atoms with Crippen LogP contribution in [0.2, 0.25) is 0 Å². The first-order valence-electron chi connectivity index (χ1n) is 0.655. The summed E-state index contributed by atoms with van der Waals surface area (Å²) < 4.78 is 0. The molecule has 0 aromatic carbocycles. The van der Waals surface area contributed by atoms with Crippen LogP contribution in [0.5, 0.6) is 0 Å². The summed E-state index contributed by atoms with van der Waals surface area (Å²) in [5.41, 5.74) is 15.1. The normalized spacial score (nSPS) is 5.40. The molecular formula is HCl4Pr. The summed E-state index contributed by atoms with van der Waals surface area (Å²) in [7, 11) is 0. The van der Waals surface area contributed by atoms with E-state index in [4.69, 9.17) is 17.1 Å². The molecule has 0 bridgehead atoms. The Bertz CT molecular complexity index is 8.36. The molecule has 0 fully saturated rings. The molecule has 0 aliphatic heterocycles. The summed E-state index contributed by atoms with van der Waals surface area (Å²) in [6, 6.07) is 0. The third kappa shape index (κ3) is 21.0. The van der Waals surface area contributed by atoms with Crippen molar-refractivity contribution in [2.75, 3.05) is 0 Å². The van der Waals surface area contributed by atoms with Crippen LogP contribution in [0.4, 0.5) is 0 Å². The van der Waals surface area contributed by atoms with Gasteiger partial charge in [0, 0.05) is 0 Å². The molecule has 0 aromatic heterocycles. The van der Waals surface area contributed by atoms with Gasteiger partial charge in [-0.3, -0.25) is 0 Å². The number of rotatable bonds is 0. The van der Waals surface area contributed by atoms with Crippen molar-refractivity contribution >= 4 is 29.6 Å². The first kappa shape index (κ1) is 10.5. The fraction of sp³-hybridized carbons (Fsp3) is 0. The van der Waals surface area contributed by atoms with E-state index in [-0.39, 0.29) is 12.4 Å². The van der Waals surface area contributed by atoms with Gasteiger partial charge in [0.15, 0.2) is 0 Å². The van der Waals surface area contributed by atoms with Gasteiger partial charge in [-0.1, -0.05) is 0 Å². The first-order chi connectivity index (χ1) is 1.73. The molecule has 0 atom stereocenters. The van der Waals surface area contributed by atoms with Gasteiger partial charge in [0.25, 0.3) is 0 Å². The van der Waals surface area contributed by atoms with Crippen LogP contribution in [-0.4, -0.2) is 0 Å². The topological polar surface area (TPSA) is 0 Å². The molecule has 5 heteroatoms.